The molecule has 0 radical (unpaired) electrons. The topological polar surface area (TPSA) is 0 Å². The summed E-state index contributed by atoms with van der Waals surface area (Å²) in [5.74, 6) is 0.631. The van der Waals surface area contributed by atoms with Crippen molar-refractivity contribution in [1.82, 2.24) is 0 Å². The zero-order chi connectivity index (χ0) is 21.5. The van der Waals surface area contributed by atoms with Crippen LogP contribution < -0.4 is 24.8 Å². The quantitative estimate of drug-likeness (QED) is 0.285. The first kappa shape index (κ1) is 28.2. The Bertz CT molecular complexity index is 1370. The minimum atomic E-state index is 0. The molecule has 0 aromatic heterocycles. The van der Waals surface area contributed by atoms with Gasteiger partial charge in [0.25, 0.3) is 0 Å². The Hall–Kier alpha value is -1.35. The molecule has 0 N–H and O–H groups in total. The Morgan fingerprint density at radius 3 is 2.11 bits per heavy atom. The van der Waals surface area contributed by atoms with Crippen LogP contribution in [0.5, 0.6) is 0 Å². The second-order valence-corrected chi connectivity index (χ2v) is 10.1. The molecule has 2 aliphatic heterocycles. The van der Waals surface area contributed by atoms with Crippen LogP contribution in [-0.4, -0.2) is 0 Å². The van der Waals surface area contributed by atoms with Crippen LogP contribution in [0.4, 0.5) is 0 Å². The third kappa shape index (κ3) is 5.66. The predicted molar refractivity (Wildman–Crippen MR) is 137 cm³/mol. The molecule has 0 amide bonds. The molecule has 2 atom stereocenters. The summed E-state index contributed by atoms with van der Waals surface area (Å²) in [7, 11) is 0. The van der Waals surface area contributed by atoms with Gasteiger partial charge in [0, 0.05) is 9.37 Å². The number of halogens is 3. The number of hydrogen-bond donors (Lipinski definition) is 0. The second-order valence-electron chi connectivity index (χ2n) is 8.10. The van der Waals surface area contributed by atoms with Crippen LogP contribution in [0.15, 0.2) is 105 Å². The van der Waals surface area contributed by atoms with Gasteiger partial charge in [-0.2, -0.15) is 11.1 Å². The van der Waals surface area contributed by atoms with E-state index in [4.69, 9.17) is 0 Å². The predicted octanol–water partition coefficient (Wildman–Crippen LogP) is 2.53. The van der Waals surface area contributed by atoms with Crippen molar-refractivity contribution in [3.63, 3.8) is 0 Å². The zero-order valence-corrected chi connectivity index (χ0v) is 24.9. The molecule has 0 saturated heterocycles. The Labute approximate surface area is 251 Å². The van der Waals surface area contributed by atoms with E-state index in [2.05, 4.69) is 125 Å². The van der Waals surface area contributed by atoms with Crippen LogP contribution in [0, 0.1) is 12.2 Å². The SMILES string of the molecule is Brc1ccc2c(c1)C=[C-]C2c1ccccc1.[C-]1=Cc2c3cccc2C1c1ccc(cc1)S3.[Cl-].[Cl-].[Zr+4]. The maximum atomic E-state index is 3.49. The van der Waals surface area contributed by atoms with E-state index in [0.29, 0.717) is 11.8 Å². The molecule has 2 unspecified atom stereocenters. The van der Waals surface area contributed by atoms with E-state index >= 15 is 0 Å². The van der Waals surface area contributed by atoms with E-state index in [1.165, 1.54) is 43.2 Å². The van der Waals surface area contributed by atoms with Gasteiger partial charge in [0.1, 0.15) is 0 Å². The Morgan fingerprint density at radius 1 is 0.657 bits per heavy atom. The van der Waals surface area contributed by atoms with Gasteiger partial charge in [-0.1, -0.05) is 117 Å². The maximum Gasteiger partial charge on any atom is 4.00 e. The first-order chi connectivity index (χ1) is 15.8. The average Bonchev–Trinajstić information content (AvgIpc) is 3.46. The largest absolute Gasteiger partial charge is 4.00 e. The maximum absolute atomic E-state index is 3.49. The molecule has 4 aromatic rings. The normalized spacial score (nSPS) is 16.8. The molecule has 35 heavy (non-hydrogen) atoms. The minimum absolute atomic E-state index is 0. The minimum Gasteiger partial charge on any atom is -1.00 e. The first-order valence-corrected chi connectivity index (χ1v) is 12.3. The number of rotatable bonds is 1. The van der Waals surface area contributed by atoms with Gasteiger partial charge in [-0.05, 0) is 12.1 Å². The van der Waals surface area contributed by atoms with Gasteiger partial charge < -0.3 is 24.8 Å². The summed E-state index contributed by atoms with van der Waals surface area (Å²) in [5, 5.41) is 0. The fourth-order valence-corrected chi connectivity index (χ4v) is 5.90. The van der Waals surface area contributed by atoms with E-state index in [1.807, 2.05) is 17.8 Å². The van der Waals surface area contributed by atoms with E-state index in [9.17, 15) is 0 Å². The number of benzene rings is 4. The molecule has 0 fully saturated rings. The van der Waals surface area contributed by atoms with Crippen LogP contribution in [0.25, 0.3) is 12.2 Å². The van der Waals surface area contributed by atoms with Crippen molar-refractivity contribution in [2.24, 2.45) is 0 Å². The Morgan fingerprint density at radius 2 is 1.34 bits per heavy atom. The van der Waals surface area contributed by atoms with Crippen molar-refractivity contribution in [3.05, 3.63) is 141 Å². The van der Waals surface area contributed by atoms with Gasteiger partial charge in [0.15, 0.2) is 0 Å². The molecule has 4 aromatic carbocycles. The monoisotopic (exact) mass is 650 g/mol. The van der Waals surface area contributed by atoms with Gasteiger partial charge in [0.2, 0.25) is 0 Å². The molecular weight excluding hydrogens is 634 g/mol. The van der Waals surface area contributed by atoms with Crippen molar-refractivity contribution in [2.75, 3.05) is 0 Å². The van der Waals surface area contributed by atoms with Gasteiger partial charge in [-0.25, -0.2) is 12.2 Å². The van der Waals surface area contributed by atoms with E-state index in [0.717, 1.165) is 4.47 Å². The molecule has 0 saturated carbocycles. The summed E-state index contributed by atoms with van der Waals surface area (Å²) in [6.07, 6.45) is 11.1. The van der Waals surface area contributed by atoms with Crippen LogP contribution >= 0.6 is 27.7 Å². The Kier molecular flexibility index (Phi) is 9.89. The standard InChI is InChI=1S/C15H10Br.C15H9S.2ClH.Zr/c16-13-7-9-15-12(10-13)6-8-14(15)11-4-2-1-3-5-11;1-2-13-12-8-9-14(13)15(3-1)16-11-6-4-10(12)5-7-11;;;/h1-7,9-10,14H;1-7,9,12H;2*1H;/q2*-1;;;+4/p-2. The van der Waals surface area contributed by atoms with Gasteiger partial charge in [-0.3, -0.25) is 12.2 Å². The Balaban J connectivity index is 0.000000180. The van der Waals surface area contributed by atoms with Gasteiger partial charge >= 0.3 is 26.2 Å². The van der Waals surface area contributed by atoms with Crippen molar-refractivity contribution >= 4 is 39.8 Å². The van der Waals surface area contributed by atoms with Crippen molar-refractivity contribution < 1.29 is 51.0 Å². The number of allylic oxidation sites excluding steroid dienone is 2. The zero-order valence-electron chi connectivity index (χ0n) is 18.5. The van der Waals surface area contributed by atoms with E-state index in [1.54, 1.807) is 0 Å². The fourth-order valence-electron chi connectivity index (χ4n) is 4.56. The smallest absolute Gasteiger partial charge is 1.00 e. The van der Waals surface area contributed by atoms with Crippen LogP contribution in [0.1, 0.15) is 45.2 Å². The third-order valence-electron chi connectivity index (χ3n) is 6.14. The fraction of sp³-hybridized carbons (Fsp3) is 0.0667. The van der Waals surface area contributed by atoms with Crippen molar-refractivity contribution in [1.29, 1.82) is 0 Å². The number of fused-ring (bicyclic) bond motifs is 3. The van der Waals surface area contributed by atoms with E-state index < -0.39 is 0 Å². The third-order valence-corrected chi connectivity index (χ3v) is 7.72. The van der Waals surface area contributed by atoms with Gasteiger partial charge in [0.05, 0.1) is 0 Å². The molecule has 6 bridgehead atoms. The average molecular weight is 654 g/mol. The molecule has 5 heteroatoms. The summed E-state index contributed by atoms with van der Waals surface area (Å²) in [5.41, 5.74) is 8.02. The molecular formula is C30H19BrCl2SZr. The molecule has 2 heterocycles. The van der Waals surface area contributed by atoms with Crippen LogP contribution in [-0.2, 0) is 26.2 Å². The summed E-state index contributed by atoms with van der Waals surface area (Å²) in [4.78, 5) is 2.66. The molecule has 8 rings (SSSR count). The molecule has 2 aliphatic carbocycles. The summed E-state index contributed by atoms with van der Waals surface area (Å²) in [6.45, 7) is 0. The van der Waals surface area contributed by atoms with E-state index in [-0.39, 0.29) is 51.0 Å². The van der Waals surface area contributed by atoms with Crippen molar-refractivity contribution in [2.45, 2.75) is 21.6 Å². The van der Waals surface area contributed by atoms with Crippen molar-refractivity contribution in [3.8, 4) is 0 Å². The summed E-state index contributed by atoms with van der Waals surface area (Å²) >= 11 is 5.33. The number of hydrogen-bond acceptors (Lipinski definition) is 1. The molecule has 170 valence electrons. The molecule has 4 aliphatic rings. The van der Waals surface area contributed by atoms with Crippen LogP contribution in [0.2, 0.25) is 0 Å². The van der Waals surface area contributed by atoms with Crippen LogP contribution in [0.3, 0.4) is 0 Å². The molecule has 0 nitrogen and oxygen atoms in total. The molecule has 0 spiro atoms. The first-order valence-electron chi connectivity index (χ1n) is 10.7. The van der Waals surface area contributed by atoms with Gasteiger partial charge in [-0.15, -0.1) is 29.0 Å². The summed E-state index contributed by atoms with van der Waals surface area (Å²) in [6, 6.07) is 32.4. The second kappa shape index (κ2) is 12.3. The summed E-state index contributed by atoms with van der Waals surface area (Å²) < 4.78 is 1.12.